The smallest absolute Gasteiger partial charge is 0.290 e. The lowest BCUT2D eigenvalue weighted by Crippen LogP contribution is -2.37. The number of furan rings is 1. The molecule has 0 spiro atoms. The van der Waals surface area contributed by atoms with Crippen molar-refractivity contribution in [3.8, 4) is 0 Å². The highest BCUT2D eigenvalue weighted by Crippen LogP contribution is 2.31. The number of carbonyl (C=O) groups excluding carboxylic acids is 1. The van der Waals surface area contributed by atoms with Crippen LogP contribution in [0.2, 0.25) is 0 Å². The zero-order chi connectivity index (χ0) is 18.1. The molecule has 1 unspecified atom stereocenters. The molecule has 1 aliphatic heterocycles. The van der Waals surface area contributed by atoms with Gasteiger partial charge < -0.3 is 13.9 Å². The van der Waals surface area contributed by atoms with Crippen molar-refractivity contribution in [1.82, 2.24) is 29.2 Å². The first-order chi connectivity index (χ1) is 12.6. The van der Waals surface area contributed by atoms with Crippen LogP contribution in [0.4, 0.5) is 0 Å². The molecule has 4 rings (SSSR count). The van der Waals surface area contributed by atoms with E-state index in [4.69, 9.17) is 4.42 Å². The molecule has 0 radical (unpaired) electrons. The second-order valence-electron chi connectivity index (χ2n) is 6.88. The Hall–Kier alpha value is -2.90. The summed E-state index contributed by atoms with van der Waals surface area (Å²) in [6.07, 6.45) is 7.78. The molecule has 0 aromatic carbocycles. The highest BCUT2D eigenvalue weighted by atomic mass is 16.4. The summed E-state index contributed by atoms with van der Waals surface area (Å²) in [5, 5.41) is 4.06. The Labute approximate surface area is 151 Å². The maximum Gasteiger partial charge on any atom is 0.290 e. The third kappa shape index (κ3) is 3.02. The second kappa shape index (κ2) is 6.78. The first kappa shape index (κ1) is 16.6. The van der Waals surface area contributed by atoms with Crippen molar-refractivity contribution in [3.05, 3.63) is 54.5 Å². The number of hydrogen-bond acceptors (Lipinski definition) is 5. The van der Waals surface area contributed by atoms with E-state index in [0.29, 0.717) is 24.6 Å². The highest BCUT2D eigenvalue weighted by molar-refractivity contribution is 5.91. The van der Waals surface area contributed by atoms with Crippen LogP contribution in [0.5, 0.6) is 0 Å². The first-order valence-corrected chi connectivity index (χ1v) is 8.86. The molecule has 0 saturated carbocycles. The van der Waals surface area contributed by atoms with Gasteiger partial charge in [0.1, 0.15) is 30.8 Å². The third-order valence-electron chi connectivity index (χ3n) is 4.70. The number of fused-ring (bicyclic) bond motifs is 1. The van der Waals surface area contributed by atoms with Crippen LogP contribution < -0.4 is 0 Å². The number of imidazole rings is 1. The minimum Gasteiger partial charge on any atom is -0.454 e. The van der Waals surface area contributed by atoms with E-state index in [1.165, 1.54) is 6.33 Å². The van der Waals surface area contributed by atoms with Crippen molar-refractivity contribution in [2.45, 2.75) is 39.4 Å². The molecule has 1 aliphatic rings. The fourth-order valence-electron chi connectivity index (χ4n) is 3.55. The predicted octanol–water partition coefficient (Wildman–Crippen LogP) is 2.36. The molecule has 8 nitrogen and oxygen atoms in total. The molecule has 0 N–H and O–H groups in total. The largest absolute Gasteiger partial charge is 0.454 e. The van der Waals surface area contributed by atoms with Gasteiger partial charge in [-0.05, 0) is 24.5 Å². The summed E-state index contributed by atoms with van der Waals surface area (Å²) in [4.78, 5) is 23.5. The molecule has 0 bridgehead atoms. The molecule has 0 aliphatic carbocycles. The Morgan fingerprint density at radius 2 is 2.23 bits per heavy atom. The van der Waals surface area contributed by atoms with Crippen LogP contribution >= 0.6 is 0 Å². The summed E-state index contributed by atoms with van der Waals surface area (Å²) >= 11 is 0. The Morgan fingerprint density at radius 1 is 1.35 bits per heavy atom. The van der Waals surface area contributed by atoms with Crippen LogP contribution in [0.1, 0.15) is 48.4 Å². The summed E-state index contributed by atoms with van der Waals surface area (Å²) in [5.74, 6) is 2.13. The molecule has 0 fully saturated rings. The Balaban J connectivity index is 1.59. The van der Waals surface area contributed by atoms with Gasteiger partial charge in [0.15, 0.2) is 5.76 Å². The maximum absolute atomic E-state index is 13.2. The van der Waals surface area contributed by atoms with Crippen molar-refractivity contribution < 1.29 is 9.21 Å². The van der Waals surface area contributed by atoms with Crippen molar-refractivity contribution in [3.63, 3.8) is 0 Å². The molecular weight excluding hydrogens is 332 g/mol. The number of nitrogens with zero attached hydrogens (tertiary/aromatic N) is 6. The van der Waals surface area contributed by atoms with Gasteiger partial charge in [-0.3, -0.25) is 4.79 Å². The molecule has 1 atom stereocenters. The Bertz CT molecular complexity index is 879. The Morgan fingerprint density at radius 3 is 3.00 bits per heavy atom. The van der Waals surface area contributed by atoms with Gasteiger partial charge in [-0.2, -0.15) is 5.10 Å². The van der Waals surface area contributed by atoms with Gasteiger partial charge >= 0.3 is 0 Å². The number of aryl methyl sites for hydroxylation is 1. The second-order valence-corrected chi connectivity index (χ2v) is 6.88. The standard InChI is InChI=1S/C18H22N6O2/c1-13(2)16-17-20-6-9-22(17)7-3-8-24(16)18(25)15-5-4-14(26-15)10-23-12-19-11-21-23/h4-6,9,11-13,16H,3,7-8,10H2,1-2H3. The van der Waals surface area contributed by atoms with Gasteiger partial charge in [-0.15, -0.1) is 0 Å². The van der Waals surface area contributed by atoms with E-state index in [9.17, 15) is 4.79 Å². The van der Waals surface area contributed by atoms with Crippen molar-refractivity contribution >= 4 is 5.91 Å². The number of hydrogen-bond donors (Lipinski definition) is 0. The van der Waals surface area contributed by atoms with Crippen LogP contribution in [-0.4, -0.2) is 41.7 Å². The number of aromatic nitrogens is 5. The number of amides is 1. The van der Waals surface area contributed by atoms with E-state index in [0.717, 1.165) is 18.8 Å². The van der Waals surface area contributed by atoms with Crippen LogP contribution in [0.15, 0.2) is 41.6 Å². The van der Waals surface area contributed by atoms with Crippen LogP contribution in [0.25, 0.3) is 0 Å². The lowest BCUT2D eigenvalue weighted by molar-refractivity contribution is 0.0587. The van der Waals surface area contributed by atoms with E-state index >= 15 is 0 Å². The molecule has 4 heterocycles. The van der Waals surface area contributed by atoms with Gasteiger partial charge in [-0.25, -0.2) is 14.6 Å². The molecule has 8 heteroatoms. The van der Waals surface area contributed by atoms with E-state index in [2.05, 4.69) is 33.5 Å². The first-order valence-electron chi connectivity index (χ1n) is 8.86. The van der Waals surface area contributed by atoms with Crippen LogP contribution in [0, 0.1) is 5.92 Å². The maximum atomic E-state index is 13.2. The lowest BCUT2D eigenvalue weighted by Gasteiger charge is -2.31. The lowest BCUT2D eigenvalue weighted by atomic mass is 10.0. The van der Waals surface area contributed by atoms with Gasteiger partial charge in [0.2, 0.25) is 0 Å². The monoisotopic (exact) mass is 354 g/mol. The van der Waals surface area contributed by atoms with Crippen LogP contribution in [0.3, 0.4) is 0 Å². The van der Waals surface area contributed by atoms with E-state index in [1.807, 2.05) is 23.4 Å². The van der Waals surface area contributed by atoms with Crippen LogP contribution in [-0.2, 0) is 13.1 Å². The molecule has 0 saturated heterocycles. The summed E-state index contributed by atoms with van der Waals surface area (Å²) < 4.78 is 9.61. The molecule has 26 heavy (non-hydrogen) atoms. The molecule has 136 valence electrons. The minimum absolute atomic E-state index is 0.0659. The average molecular weight is 354 g/mol. The molecule has 3 aromatic heterocycles. The number of carbonyl (C=O) groups is 1. The third-order valence-corrected chi connectivity index (χ3v) is 4.70. The van der Waals surface area contributed by atoms with Gasteiger partial charge in [0, 0.05) is 25.5 Å². The fraction of sp³-hybridized carbons (Fsp3) is 0.444. The van der Waals surface area contributed by atoms with E-state index in [1.54, 1.807) is 17.1 Å². The van der Waals surface area contributed by atoms with E-state index < -0.39 is 0 Å². The summed E-state index contributed by atoms with van der Waals surface area (Å²) in [5.41, 5.74) is 0. The fourth-order valence-corrected chi connectivity index (χ4v) is 3.55. The molecule has 1 amide bonds. The Kier molecular flexibility index (Phi) is 4.32. The summed E-state index contributed by atoms with van der Waals surface area (Å²) in [6.45, 7) is 6.24. The SMILES string of the molecule is CC(C)C1c2nccn2CCCN1C(=O)c1ccc(Cn2cncn2)o1. The quantitative estimate of drug-likeness (QED) is 0.718. The van der Waals surface area contributed by atoms with Crippen molar-refractivity contribution in [2.24, 2.45) is 5.92 Å². The summed E-state index contributed by atoms with van der Waals surface area (Å²) in [6, 6.07) is 3.49. The highest BCUT2D eigenvalue weighted by Gasteiger charge is 2.34. The zero-order valence-electron chi connectivity index (χ0n) is 14.9. The molecular formula is C18H22N6O2. The number of rotatable bonds is 4. The zero-order valence-corrected chi connectivity index (χ0v) is 14.9. The topological polar surface area (TPSA) is 82.0 Å². The van der Waals surface area contributed by atoms with Gasteiger partial charge in [-0.1, -0.05) is 13.8 Å². The molecule has 3 aromatic rings. The van der Waals surface area contributed by atoms with Crippen molar-refractivity contribution in [2.75, 3.05) is 6.54 Å². The van der Waals surface area contributed by atoms with Gasteiger partial charge in [0.25, 0.3) is 5.91 Å². The summed E-state index contributed by atoms with van der Waals surface area (Å²) in [7, 11) is 0. The minimum atomic E-state index is -0.0926. The average Bonchev–Trinajstić information content (AvgIpc) is 3.35. The van der Waals surface area contributed by atoms with Crippen molar-refractivity contribution in [1.29, 1.82) is 0 Å². The normalized spacial score (nSPS) is 17.3. The predicted molar refractivity (Wildman–Crippen MR) is 93.3 cm³/mol. The van der Waals surface area contributed by atoms with E-state index in [-0.39, 0.29) is 17.9 Å². The van der Waals surface area contributed by atoms with Gasteiger partial charge in [0.05, 0.1) is 6.04 Å².